The Morgan fingerprint density at radius 2 is 2.67 bits per heavy atom. The van der Waals surface area contributed by atoms with E-state index in [9.17, 15) is 0 Å². The minimum Gasteiger partial charge on any atom is -0.487 e. The fourth-order valence-corrected chi connectivity index (χ4v) is 1.84. The molecule has 0 aromatic carbocycles. The van der Waals surface area contributed by atoms with E-state index in [0.717, 1.165) is 17.2 Å². The summed E-state index contributed by atoms with van der Waals surface area (Å²) in [6.07, 6.45) is 3.74. The van der Waals surface area contributed by atoms with Crippen molar-refractivity contribution in [2.75, 3.05) is 6.54 Å². The van der Waals surface area contributed by atoms with E-state index in [1.807, 2.05) is 13.0 Å². The first-order chi connectivity index (χ1) is 5.86. The molecule has 0 fully saturated rings. The zero-order valence-corrected chi connectivity index (χ0v) is 7.60. The van der Waals surface area contributed by atoms with Crippen LogP contribution in [0.25, 0.3) is 0 Å². The molecule has 0 saturated carbocycles. The minimum atomic E-state index is 0.211. The number of pyridine rings is 1. The van der Waals surface area contributed by atoms with Gasteiger partial charge in [-0.05, 0) is 24.9 Å². The first-order valence-corrected chi connectivity index (χ1v) is 4.68. The van der Waals surface area contributed by atoms with Crippen molar-refractivity contribution in [3.8, 4) is 5.75 Å². The molecule has 64 valence electrons. The second kappa shape index (κ2) is 3.33. The molecule has 1 aliphatic heterocycles. The third-order valence-corrected chi connectivity index (χ3v) is 2.50. The molecule has 2 rings (SSSR count). The predicted octanol–water partition coefficient (Wildman–Crippen LogP) is 1.46. The highest BCUT2D eigenvalue weighted by Gasteiger charge is 2.13. The van der Waals surface area contributed by atoms with Gasteiger partial charge in [0.1, 0.15) is 6.10 Å². The van der Waals surface area contributed by atoms with Crippen LogP contribution < -0.4 is 9.46 Å². The molecule has 4 heteroatoms. The number of fused-ring (bicyclic) bond motifs is 1. The van der Waals surface area contributed by atoms with Crippen LogP contribution in [0.15, 0.2) is 23.4 Å². The summed E-state index contributed by atoms with van der Waals surface area (Å²) in [5.74, 6) is 0.875. The lowest BCUT2D eigenvalue weighted by atomic mass is 10.4. The van der Waals surface area contributed by atoms with Crippen molar-refractivity contribution in [1.82, 2.24) is 9.71 Å². The fourth-order valence-electron chi connectivity index (χ4n) is 1.04. The second-order valence-electron chi connectivity index (χ2n) is 2.70. The Morgan fingerprint density at radius 3 is 3.58 bits per heavy atom. The fraction of sp³-hybridized carbons (Fsp3) is 0.375. The number of ether oxygens (including phenoxy) is 1. The van der Waals surface area contributed by atoms with E-state index in [2.05, 4.69) is 9.71 Å². The molecular formula is C8H10N2OS. The van der Waals surface area contributed by atoms with Crippen molar-refractivity contribution in [2.24, 2.45) is 0 Å². The first kappa shape index (κ1) is 7.89. The van der Waals surface area contributed by atoms with Crippen molar-refractivity contribution in [3.05, 3.63) is 18.5 Å². The van der Waals surface area contributed by atoms with Crippen LogP contribution in [0.2, 0.25) is 0 Å². The molecule has 0 bridgehead atoms. The second-order valence-corrected chi connectivity index (χ2v) is 3.63. The van der Waals surface area contributed by atoms with Gasteiger partial charge in [0.05, 0.1) is 11.1 Å². The largest absolute Gasteiger partial charge is 0.487 e. The van der Waals surface area contributed by atoms with E-state index in [4.69, 9.17) is 4.74 Å². The summed E-state index contributed by atoms with van der Waals surface area (Å²) >= 11 is 1.60. The number of hydrogen-bond acceptors (Lipinski definition) is 4. The zero-order valence-electron chi connectivity index (χ0n) is 6.78. The summed E-state index contributed by atoms with van der Waals surface area (Å²) in [6, 6.07) is 1.95. The molecule has 1 aliphatic rings. The topological polar surface area (TPSA) is 34.2 Å². The summed E-state index contributed by atoms with van der Waals surface area (Å²) in [6.45, 7) is 2.90. The Morgan fingerprint density at radius 1 is 1.75 bits per heavy atom. The van der Waals surface area contributed by atoms with E-state index < -0.39 is 0 Å². The van der Waals surface area contributed by atoms with E-state index in [-0.39, 0.29) is 6.10 Å². The van der Waals surface area contributed by atoms with Crippen molar-refractivity contribution >= 4 is 11.9 Å². The van der Waals surface area contributed by atoms with E-state index in [0.29, 0.717) is 0 Å². The van der Waals surface area contributed by atoms with E-state index in [1.54, 1.807) is 24.3 Å². The van der Waals surface area contributed by atoms with Crippen LogP contribution in [0.5, 0.6) is 5.75 Å². The smallest absolute Gasteiger partial charge is 0.152 e. The highest BCUT2D eigenvalue weighted by Crippen LogP contribution is 2.28. The van der Waals surface area contributed by atoms with Gasteiger partial charge in [-0.2, -0.15) is 0 Å². The maximum atomic E-state index is 5.61. The average Bonchev–Trinajstić information content (AvgIpc) is 2.25. The number of rotatable bonds is 0. The Labute approximate surface area is 75.7 Å². The summed E-state index contributed by atoms with van der Waals surface area (Å²) in [5, 5.41) is 0. The molecule has 2 heterocycles. The van der Waals surface area contributed by atoms with Gasteiger partial charge in [0.15, 0.2) is 5.75 Å². The molecule has 1 atom stereocenters. The molecule has 0 amide bonds. The van der Waals surface area contributed by atoms with Crippen LogP contribution in [-0.2, 0) is 0 Å². The lowest BCUT2D eigenvalue weighted by Crippen LogP contribution is -2.22. The summed E-state index contributed by atoms with van der Waals surface area (Å²) in [7, 11) is 0. The normalized spacial score (nSPS) is 22.2. The molecule has 1 aromatic rings. The Hall–Kier alpha value is -0.740. The van der Waals surface area contributed by atoms with Crippen molar-refractivity contribution < 1.29 is 4.74 Å². The SMILES string of the molecule is CC1CNSc2ccncc2O1. The standard InChI is InChI=1S/C8H10N2OS/c1-6-4-10-12-8-2-3-9-5-7(8)11-6/h2-3,5-6,10H,4H2,1H3. The lowest BCUT2D eigenvalue weighted by molar-refractivity contribution is 0.223. The first-order valence-electron chi connectivity index (χ1n) is 3.86. The maximum Gasteiger partial charge on any atom is 0.152 e. The van der Waals surface area contributed by atoms with Crippen LogP contribution in [-0.4, -0.2) is 17.6 Å². The van der Waals surface area contributed by atoms with Crippen LogP contribution >= 0.6 is 11.9 Å². The lowest BCUT2D eigenvalue weighted by Gasteiger charge is -2.09. The minimum absolute atomic E-state index is 0.211. The molecule has 0 aliphatic carbocycles. The number of nitrogens with zero attached hydrogens (tertiary/aromatic N) is 1. The predicted molar refractivity (Wildman–Crippen MR) is 48.2 cm³/mol. The Bertz CT molecular complexity index is 280. The maximum absolute atomic E-state index is 5.61. The average molecular weight is 182 g/mol. The number of aromatic nitrogens is 1. The summed E-state index contributed by atoms with van der Waals surface area (Å²) in [5.41, 5.74) is 0. The van der Waals surface area contributed by atoms with Crippen molar-refractivity contribution in [1.29, 1.82) is 0 Å². The van der Waals surface area contributed by atoms with Crippen LogP contribution in [0.4, 0.5) is 0 Å². The molecule has 0 saturated heterocycles. The van der Waals surface area contributed by atoms with Gasteiger partial charge in [-0.1, -0.05) is 0 Å². The van der Waals surface area contributed by atoms with Crippen LogP contribution in [0.3, 0.4) is 0 Å². The van der Waals surface area contributed by atoms with Crippen molar-refractivity contribution in [3.63, 3.8) is 0 Å². The van der Waals surface area contributed by atoms with Crippen LogP contribution in [0.1, 0.15) is 6.92 Å². The van der Waals surface area contributed by atoms with Gasteiger partial charge in [-0.15, -0.1) is 0 Å². The highest BCUT2D eigenvalue weighted by atomic mass is 32.2. The van der Waals surface area contributed by atoms with Gasteiger partial charge >= 0.3 is 0 Å². The number of hydrogen-bond donors (Lipinski definition) is 1. The summed E-state index contributed by atoms with van der Waals surface area (Å²) in [4.78, 5) is 5.11. The van der Waals surface area contributed by atoms with E-state index in [1.165, 1.54) is 0 Å². The van der Waals surface area contributed by atoms with Gasteiger partial charge in [-0.25, -0.2) is 0 Å². The van der Waals surface area contributed by atoms with Crippen LogP contribution in [0, 0.1) is 0 Å². The third kappa shape index (κ3) is 1.54. The monoisotopic (exact) mass is 182 g/mol. The van der Waals surface area contributed by atoms with Crippen molar-refractivity contribution in [2.45, 2.75) is 17.9 Å². The van der Waals surface area contributed by atoms with Gasteiger partial charge < -0.3 is 4.74 Å². The quantitative estimate of drug-likeness (QED) is 0.616. The molecule has 1 unspecified atom stereocenters. The molecule has 0 radical (unpaired) electrons. The molecule has 3 nitrogen and oxygen atoms in total. The summed E-state index contributed by atoms with van der Waals surface area (Å²) < 4.78 is 8.83. The highest BCUT2D eigenvalue weighted by molar-refractivity contribution is 7.97. The molecule has 1 N–H and O–H groups in total. The molecule has 12 heavy (non-hydrogen) atoms. The van der Waals surface area contributed by atoms with Gasteiger partial charge in [0, 0.05) is 12.7 Å². The zero-order chi connectivity index (χ0) is 8.39. The Balaban J connectivity index is 2.31. The molecular weight excluding hydrogens is 172 g/mol. The van der Waals surface area contributed by atoms with Gasteiger partial charge in [0.25, 0.3) is 0 Å². The third-order valence-electron chi connectivity index (χ3n) is 1.63. The Kier molecular flexibility index (Phi) is 2.19. The molecule has 1 aromatic heterocycles. The molecule has 0 spiro atoms. The number of nitrogens with one attached hydrogen (secondary N) is 1. The van der Waals surface area contributed by atoms with Gasteiger partial charge in [-0.3, -0.25) is 9.71 Å². The van der Waals surface area contributed by atoms with Gasteiger partial charge in [0.2, 0.25) is 0 Å². The van der Waals surface area contributed by atoms with E-state index >= 15 is 0 Å².